The second-order valence-electron chi connectivity index (χ2n) is 7.60. The fourth-order valence-corrected chi connectivity index (χ4v) is 4.02. The maximum atomic E-state index is 13.5. The average molecular weight is 451 g/mol. The molecule has 0 saturated carbocycles. The minimum absolute atomic E-state index is 0.108. The van der Waals surface area contributed by atoms with Gasteiger partial charge in [-0.15, -0.1) is 0 Å². The number of carbonyl (C=O) groups excluding carboxylic acids is 2. The molecule has 0 aliphatic rings. The van der Waals surface area contributed by atoms with E-state index in [1.54, 1.807) is 24.3 Å². The van der Waals surface area contributed by atoms with Crippen LogP contribution in [0.3, 0.4) is 0 Å². The largest absolute Gasteiger partial charge is 0.467 e. The molecule has 33 heavy (non-hydrogen) atoms. The predicted molar refractivity (Wildman–Crippen MR) is 120 cm³/mol. The van der Waals surface area contributed by atoms with Crippen molar-refractivity contribution < 1.29 is 27.5 Å². The third kappa shape index (κ3) is 4.53. The highest BCUT2D eigenvalue weighted by Gasteiger charge is 2.35. The van der Waals surface area contributed by atoms with E-state index >= 15 is 0 Å². The monoisotopic (exact) mass is 451 g/mol. The number of rotatable bonds is 5. The highest BCUT2D eigenvalue weighted by atomic mass is 19.4. The second kappa shape index (κ2) is 8.94. The van der Waals surface area contributed by atoms with Gasteiger partial charge in [0.2, 0.25) is 0 Å². The summed E-state index contributed by atoms with van der Waals surface area (Å²) < 4.78 is 45.2. The van der Waals surface area contributed by atoms with Crippen molar-refractivity contribution in [2.24, 2.45) is 0 Å². The van der Waals surface area contributed by atoms with Crippen LogP contribution in [0.1, 0.15) is 21.5 Å². The summed E-state index contributed by atoms with van der Waals surface area (Å²) in [6.07, 6.45) is -4.95. The first kappa shape index (κ1) is 22.3. The Morgan fingerprint density at radius 1 is 0.879 bits per heavy atom. The zero-order valence-electron chi connectivity index (χ0n) is 17.6. The maximum Gasteiger partial charge on any atom is 0.416 e. The Kier molecular flexibility index (Phi) is 6.05. The van der Waals surface area contributed by atoms with Crippen LogP contribution in [0.2, 0.25) is 0 Å². The number of methoxy groups -OCH3 is 1. The molecule has 1 amide bonds. The third-order valence-corrected chi connectivity index (χ3v) is 5.54. The summed E-state index contributed by atoms with van der Waals surface area (Å²) in [6.45, 7) is 0. The number of halogens is 3. The predicted octanol–water partition coefficient (Wildman–Crippen LogP) is 5.53. The number of ether oxygens (including phenoxy) is 1. The fourth-order valence-electron chi connectivity index (χ4n) is 4.02. The van der Waals surface area contributed by atoms with Gasteiger partial charge < -0.3 is 10.1 Å². The topological polar surface area (TPSA) is 55.4 Å². The van der Waals surface area contributed by atoms with E-state index < -0.39 is 29.7 Å². The molecule has 168 valence electrons. The van der Waals surface area contributed by atoms with Crippen LogP contribution in [0.15, 0.2) is 78.9 Å². The lowest BCUT2D eigenvalue weighted by atomic mass is 9.95. The van der Waals surface area contributed by atoms with E-state index in [1.165, 1.54) is 18.2 Å². The van der Waals surface area contributed by atoms with Gasteiger partial charge in [0.05, 0.1) is 18.2 Å². The fraction of sp³-hybridized carbons (Fsp3) is 0.154. The van der Waals surface area contributed by atoms with Crippen LogP contribution in [-0.2, 0) is 22.1 Å². The van der Waals surface area contributed by atoms with Crippen molar-refractivity contribution in [1.82, 2.24) is 5.32 Å². The lowest BCUT2D eigenvalue weighted by molar-refractivity contribution is -0.144. The molecular formula is C26H20F3NO3. The van der Waals surface area contributed by atoms with Crippen molar-refractivity contribution >= 4 is 33.4 Å². The summed E-state index contributed by atoms with van der Waals surface area (Å²) in [7, 11) is 1.13. The average Bonchev–Trinajstić information content (AvgIpc) is 2.81. The molecule has 1 atom stereocenters. The highest BCUT2D eigenvalue weighted by Crippen LogP contribution is 2.33. The molecule has 0 aliphatic heterocycles. The summed E-state index contributed by atoms with van der Waals surface area (Å²) >= 11 is 0. The molecule has 0 fully saturated rings. The Morgan fingerprint density at radius 2 is 1.42 bits per heavy atom. The Labute approximate surface area is 188 Å². The smallest absolute Gasteiger partial charge is 0.416 e. The van der Waals surface area contributed by atoms with Crippen molar-refractivity contribution in [2.75, 3.05) is 7.11 Å². The zero-order valence-corrected chi connectivity index (χ0v) is 17.6. The molecule has 4 aromatic carbocycles. The van der Waals surface area contributed by atoms with Gasteiger partial charge in [0.1, 0.15) is 6.04 Å². The van der Waals surface area contributed by atoms with Crippen molar-refractivity contribution in [3.8, 4) is 0 Å². The first-order valence-electron chi connectivity index (χ1n) is 10.2. The van der Waals surface area contributed by atoms with E-state index in [0.29, 0.717) is 16.3 Å². The molecular weight excluding hydrogens is 431 g/mol. The van der Waals surface area contributed by atoms with Crippen LogP contribution in [0.25, 0.3) is 21.5 Å². The van der Waals surface area contributed by atoms with Gasteiger partial charge in [0.15, 0.2) is 0 Å². The number of nitrogens with one attached hydrogen (secondary N) is 1. The van der Waals surface area contributed by atoms with Gasteiger partial charge in [-0.1, -0.05) is 66.7 Å². The Balaban J connectivity index is 1.76. The maximum absolute atomic E-state index is 13.5. The lowest BCUT2D eigenvalue weighted by Crippen LogP contribution is -2.43. The van der Waals surface area contributed by atoms with Crippen LogP contribution in [0.4, 0.5) is 13.2 Å². The lowest BCUT2D eigenvalue weighted by Gasteiger charge is -2.20. The number of benzene rings is 4. The number of fused-ring (bicyclic) bond motifs is 2. The van der Waals surface area contributed by atoms with Gasteiger partial charge in [-0.2, -0.15) is 13.2 Å². The molecule has 4 rings (SSSR count). The summed E-state index contributed by atoms with van der Waals surface area (Å²) in [4.78, 5) is 25.9. The molecule has 1 N–H and O–H groups in total. The van der Waals surface area contributed by atoms with Gasteiger partial charge in [-0.05, 0) is 39.2 Å². The number of hydrogen-bond acceptors (Lipinski definition) is 3. The van der Waals surface area contributed by atoms with Gasteiger partial charge in [-0.3, -0.25) is 4.79 Å². The van der Waals surface area contributed by atoms with E-state index in [4.69, 9.17) is 4.74 Å². The van der Waals surface area contributed by atoms with Gasteiger partial charge >= 0.3 is 12.1 Å². The zero-order chi connectivity index (χ0) is 23.6. The molecule has 0 heterocycles. The summed E-state index contributed by atoms with van der Waals surface area (Å²) in [5.74, 6) is -1.40. The molecule has 4 nitrogen and oxygen atoms in total. The molecule has 0 radical (unpaired) electrons. The highest BCUT2D eigenvalue weighted by molar-refractivity contribution is 6.18. The third-order valence-electron chi connectivity index (χ3n) is 5.54. The number of alkyl halides is 3. The minimum atomic E-state index is -4.59. The molecule has 0 aliphatic carbocycles. The summed E-state index contributed by atoms with van der Waals surface area (Å²) in [6, 6.07) is 20.3. The molecule has 0 bridgehead atoms. The van der Waals surface area contributed by atoms with Gasteiger partial charge in [0, 0.05) is 6.42 Å². The summed E-state index contributed by atoms with van der Waals surface area (Å²) in [5, 5.41) is 5.63. The van der Waals surface area contributed by atoms with E-state index in [9.17, 15) is 22.8 Å². The van der Waals surface area contributed by atoms with Crippen LogP contribution in [0.5, 0.6) is 0 Å². The number of esters is 1. The first-order chi connectivity index (χ1) is 15.8. The normalized spacial score (nSPS) is 12.5. The molecule has 0 unspecified atom stereocenters. The van der Waals surface area contributed by atoms with Crippen molar-refractivity contribution in [3.63, 3.8) is 0 Å². The quantitative estimate of drug-likeness (QED) is 0.321. The molecule has 0 saturated heterocycles. The number of hydrogen-bond donors (Lipinski definition) is 1. The van der Waals surface area contributed by atoms with Gasteiger partial charge in [-0.25, -0.2) is 4.79 Å². The van der Waals surface area contributed by atoms with E-state index in [2.05, 4.69) is 5.32 Å². The van der Waals surface area contributed by atoms with Crippen LogP contribution in [0, 0.1) is 0 Å². The molecule has 0 aromatic heterocycles. The van der Waals surface area contributed by atoms with E-state index in [-0.39, 0.29) is 12.0 Å². The van der Waals surface area contributed by atoms with Crippen molar-refractivity contribution in [1.29, 1.82) is 0 Å². The van der Waals surface area contributed by atoms with Crippen molar-refractivity contribution in [3.05, 3.63) is 95.6 Å². The first-order valence-corrected chi connectivity index (χ1v) is 10.2. The van der Waals surface area contributed by atoms with Crippen LogP contribution >= 0.6 is 0 Å². The number of carbonyl (C=O) groups is 2. The molecule has 4 aromatic rings. The minimum Gasteiger partial charge on any atom is -0.467 e. The van der Waals surface area contributed by atoms with E-state index in [1.807, 2.05) is 30.3 Å². The second-order valence-corrected chi connectivity index (χ2v) is 7.60. The van der Waals surface area contributed by atoms with Crippen LogP contribution in [-0.4, -0.2) is 25.0 Å². The molecule has 7 heteroatoms. The Bertz CT molecular complexity index is 1290. The standard InChI is InChI=1S/C26H20F3NO3/c1-33-25(32)22(15-18-10-4-7-13-21(18)26(27,28)29)30-24(31)23-19-11-5-2-8-16(19)14-17-9-3-6-12-20(17)23/h2-14,22H,15H2,1H3,(H,30,31)/t22-/m1/s1. The van der Waals surface area contributed by atoms with Crippen LogP contribution < -0.4 is 5.32 Å². The SMILES string of the molecule is COC(=O)[C@@H](Cc1ccccc1C(F)(F)F)NC(=O)c1c2ccccc2cc2ccccc12. The Morgan fingerprint density at radius 3 is 2.00 bits per heavy atom. The summed E-state index contributed by atoms with van der Waals surface area (Å²) in [5.41, 5.74) is -0.617. The van der Waals surface area contributed by atoms with E-state index in [0.717, 1.165) is 23.9 Å². The Hall–Kier alpha value is -3.87. The molecule has 0 spiro atoms. The number of amides is 1. The van der Waals surface area contributed by atoms with Crippen molar-refractivity contribution in [2.45, 2.75) is 18.6 Å². The van der Waals surface area contributed by atoms with Gasteiger partial charge in [0.25, 0.3) is 5.91 Å².